The summed E-state index contributed by atoms with van der Waals surface area (Å²) in [6, 6.07) is 0.970. The van der Waals surface area contributed by atoms with Gasteiger partial charge in [-0.2, -0.15) is 0 Å². The Labute approximate surface area is 100 Å². The fraction of sp³-hybridized carbons (Fsp3) is 1.00. The van der Waals surface area contributed by atoms with Gasteiger partial charge in [0.2, 0.25) is 0 Å². The number of unbranched alkanes of at least 4 members (excludes halogenated alkanes) is 2. The number of hydrogen-bond acceptors (Lipinski definition) is 3. The SMILES string of the molecule is CNCCCCCN1CCN(C2CC2)CC1. The minimum Gasteiger partial charge on any atom is -0.320 e. The molecule has 0 spiro atoms. The fourth-order valence-corrected chi connectivity index (χ4v) is 2.61. The Bertz CT molecular complexity index is 184. The van der Waals surface area contributed by atoms with E-state index >= 15 is 0 Å². The Hall–Kier alpha value is -0.120. The minimum atomic E-state index is 0.970. The molecule has 1 saturated carbocycles. The molecule has 2 rings (SSSR count). The largest absolute Gasteiger partial charge is 0.320 e. The van der Waals surface area contributed by atoms with Crippen LogP contribution in [0.25, 0.3) is 0 Å². The molecule has 1 aliphatic carbocycles. The van der Waals surface area contributed by atoms with Gasteiger partial charge in [0.25, 0.3) is 0 Å². The van der Waals surface area contributed by atoms with Crippen LogP contribution in [-0.4, -0.2) is 62.2 Å². The fourth-order valence-electron chi connectivity index (χ4n) is 2.61. The van der Waals surface area contributed by atoms with E-state index in [0.29, 0.717) is 0 Å². The quantitative estimate of drug-likeness (QED) is 0.656. The number of rotatable bonds is 7. The maximum Gasteiger partial charge on any atom is 0.0113 e. The summed E-state index contributed by atoms with van der Waals surface area (Å²) in [6.45, 7) is 7.76. The molecule has 0 unspecified atom stereocenters. The Morgan fingerprint density at radius 1 is 1.00 bits per heavy atom. The minimum absolute atomic E-state index is 0.970. The Balaban J connectivity index is 1.48. The summed E-state index contributed by atoms with van der Waals surface area (Å²) in [7, 11) is 2.04. The molecular formula is C13H27N3. The average molecular weight is 225 g/mol. The third kappa shape index (κ3) is 4.04. The van der Waals surface area contributed by atoms with Crippen LogP contribution in [0.4, 0.5) is 0 Å². The van der Waals surface area contributed by atoms with Crippen LogP contribution in [0, 0.1) is 0 Å². The Morgan fingerprint density at radius 3 is 2.38 bits per heavy atom. The first kappa shape index (κ1) is 12.3. The van der Waals surface area contributed by atoms with Crippen molar-refractivity contribution in [3.63, 3.8) is 0 Å². The molecule has 0 aromatic rings. The van der Waals surface area contributed by atoms with Gasteiger partial charge in [-0.15, -0.1) is 0 Å². The molecule has 1 saturated heterocycles. The van der Waals surface area contributed by atoms with E-state index in [1.807, 2.05) is 7.05 Å². The third-order valence-electron chi connectivity index (χ3n) is 3.87. The summed E-state index contributed by atoms with van der Waals surface area (Å²) in [4.78, 5) is 5.34. The van der Waals surface area contributed by atoms with E-state index in [2.05, 4.69) is 15.1 Å². The van der Waals surface area contributed by atoms with Gasteiger partial charge < -0.3 is 10.2 Å². The third-order valence-corrected chi connectivity index (χ3v) is 3.87. The first-order valence-corrected chi connectivity index (χ1v) is 7.01. The van der Waals surface area contributed by atoms with E-state index in [1.54, 1.807) is 0 Å². The van der Waals surface area contributed by atoms with Crippen molar-refractivity contribution in [3.8, 4) is 0 Å². The second-order valence-corrected chi connectivity index (χ2v) is 5.27. The number of hydrogen-bond donors (Lipinski definition) is 1. The van der Waals surface area contributed by atoms with Gasteiger partial charge in [0.05, 0.1) is 0 Å². The zero-order chi connectivity index (χ0) is 11.2. The van der Waals surface area contributed by atoms with Crippen LogP contribution >= 0.6 is 0 Å². The van der Waals surface area contributed by atoms with Crippen molar-refractivity contribution in [1.82, 2.24) is 15.1 Å². The van der Waals surface area contributed by atoms with E-state index in [9.17, 15) is 0 Å². The molecule has 16 heavy (non-hydrogen) atoms. The summed E-state index contributed by atoms with van der Waals surface area (Å²) in [5.74, 6) is 0. The summed E-state index contributed by atoms with van der Waals surface area (Å²) in [5.41, 5.74) is 0. The second kappa shape index (κ2) is 6.58. The highest BCUT2D eigenvalue weighted by atomic mass is 15.3. The highest BCUT2D eigenvalue weighted by Crippen LogP contribution is 2.27. The molecule has 0 bridgehead atoms. The zero-order valence-electron chi connectivity index (χ0n) is 10.7. The van der Waals surface area contributed by atoms with Gasteiger partial charge in [-0.25, -0.2) is 0 Å². The molecular weight excluding hydrogens is 198 g/mol. The van der Waals surface area contributed by atoms with E-state index in [1.165, 1.54) is 71.4 Å². The van der Waals surface area contributed by atoms with E-state index in [0.717, 1.165) is 6.04 Å². The lowest BCUT2D eigenvalue weighted by Crippen LogP contribution is -2.47. The molecule has 3 nitrogen and oxygen atoms in total. The summed E-state index contributed by atoms with van der Waals surface area (Å²) >= 11 is 0. The molecule has 0 atom stereocenters. The number of nitrogens with zero attached hydrogens (tertiary/aromatic N) is 2. The van der Waals surface area contributed by atoms with Gasteiger partial charge in [-0.05, 0) is 45.8 Å². The lowest BCUT2D eigenvalue weighted by molar-refractivity contribution is 0.125. The van der Waals surface area contributed by atoms with E-state index < -0.39 is 0 Å². The maximum atomic E-state index is 3.21. The summed E-state index contributed by atoms with van der Waals surface area (Å²) in [6.07, 6.45) is 7.02. The Morgan fingerprint density at radius 2 is 1.75 bits per heavy atom. The molecule has 0 amide bonds. The molecule has 1 heterocycles. The van der Waals surface area contributed by atoms with Gasteiger partial charge in [0.15, 0.2) is 0 Å². The Kier molecular flexibility index (Phi) is 5.07. The van der Waals surface area contributed by atoms with Crippen LogP contribution in [0.5, 0.6) is 0 Å². The van der Waals surface area contributed by atoms with Crippen LogP contribution in [0.3, 0.4) is 0 Å². The van der Waals surface area contributed by atoms with Gasteiger partial charge in [0.1, 0.15) is 0 Å². The van der Waals surface area contributed by atoms with Crippen LogP contribution in [-0.2, 0) is 0 Å². The predicted octanol–water partition coefficient (Wildman–Crippen LogP) is 1.16. The lowest BCUT2D eigenvalue weighted by atomic mass is 10.2. The zero-order valence-corrected chi connectivity index (χ0v) is 10.7. The number of piperazine rings is 1. The van der Waals surface area contributed by atoms with Crippen molar-refractivity contribution in [1.29, 1.82) is 0 Å². The predicted molar refractivity (Wildman–Crippen MR) is 68.8 cm³/mol. The van der Waals surface area contributed by atoms with Crippen molar-refractivity contribution in [2.75, 3.05) is 46.3 Å². The van der Waals surface area contributed by atoms with Gasteiger partial charge >= 0.3 is 0 Å². The topological polar surface area (TPSA) is 18.5 Å². The number of nitrogens with one attached hydrogen (secondary N) is 1. The first-order chi connectivity index (χ1) is 7.90. The van der Waals surface area contributed by atoms with Crippen LogP contribution in [0.15, 0.2) is 0 Å². The van der Waals surface area contributed by atoms with Crippen molar-refractivity contribution in [3.05, 3.63) is 0 Å². The highest BCUT2D eigenvalue weighted by Gasteiger charge is 2.30. The summed E-state index contributed by atoms with van der Waals surface area (Å²) in [5, 5.41) is 3.21. The van der Waals surface area contributed by atoms with Crippen molar-refractivity contribution >= 4 is 0 Å². The molecule has 1 N–H and O–H groups in total. The van der Waals surface area contributed by atoms with Crippen molar-refractivity contribution < 1.29 is 0 Å². The molecule has 2 aliphatic rings. The summed E-state index contributed by atoms with van der Waals surface area (Å²) < 4.78 is 0. The smallest absolute Gasteiger partial charge is 0.0113 e. The van der Waals surface area contributed by atoms with Gasteiger partial charge in [-0.1, -0.05) is 6.42 Å². The molecule has 2 fully saturated rings. The average Bonchev–Trinajstić information content (AvgIpc) is 3.14. The van der Waals surface area contributed by atoms with Crippen LogP contribution < -0.4 is 5.32 Å². The normalized spacial score (nSPS) is 23.8. The maximum absolute atomic E-state index is 3.21. The highest BCUT2D eigenvalue weighted by molar-refractivity contribution is 4.87. The van der Waals surface area contributed by atoms with Crippen molar-refractivity contribution in [2.24, 2.45) is 0 Å². The second-order valence-electron chi connectivity index (χ2n) is 5.27. The molecule has 0 aromatic carbocycles. The van der Waals surface area contributed by atoms with Crippen LogP contribution in [0.2, 0.25) is 0 Å². The molecule has 0 radical (unpaired) electrons. The first-order valence-electron chi connectivity index (χ1n) is 7.01. The van der Waals surface area contributed by atoms with Gasteiger partial charge in [-0.3, -0.25) is 4.90 Å². The lowest BCUT2D eigenvalue weighted by Gasteiger charge is -2.34. The van der Waals surface area contributed by atoms with Gasteiger partial charge in [0, 0.05) is 32.2 Å². The molecule has 94 valence electrons. The standard InChI is InChI=1S/C13H27N3/c1-14-7-3-2-4-8-15-9-11-16(12-10-15)13-5-6-13/h13-14H,2-12H2,1H3. The monoisotopic (exact) mass is 225 g/mol. The van der Waals surface area contributed by atoms with E-state index in [-0.39, 0.29) is 0 Å². The van der Waals surface area contributed by atoms with Crippen LogP contribution in [0.1, 0.15) is 32.1 Å². The molecule has 3 heteroatoms. The van der Waals surface area contributed by atoms with E-state index in [4.69, 9.17) is 0 Å². The van der Waals surface area contributed by atoms with Crippen molar-refractivity contribution in [2.45, 2.75) is 38.1 Å². The molecule has 1 aliphatic heterocycles. The molecule has 0 aromatic heterocycles.